The number of esters is 2. The van der Waals surface area contributed by atoms with Gasteiger partial charge in [0.2, 0.25) is 0 Å². The molecule has 0 fully saturated rings. The van der Waals surface area contributed by atoms with E-state index in [1.165, 1.54) is 7.11 Å². The third-order valence-electron chi connectivity index (χ3n) is 3.12. The van der Waals surface area contributed by atoms with Gasteiger partial charge in [-0.15, -0.1) is 0 Å². The minimum absolute atomic E-state index is 0.150. The Hall–Kier alpha value is -2.37. The van der Waals surface area contributed by atoms with Crippen molar-refractivity contribution in [3.05, 3.63) is 35.9 Å². The zero-order valence-electron chi connectivity index (χ0n) is 13.7. The Kier molecular flexibility index (Phi) is 7.80. The first-order valence-electron chi connectivity index (χ1n) is 7.49. The van der Waals surface area contributed by atoms with E-state index in [1.807, 2.05) is 30.3 Å². The molecule has 1 unspecified atom stereocenters. The molecule has 6 nitrogen and oxygen atoms in total. The summed E-state index contributed by atoms with van der Waals surface area (Å²) in [6, 6.07) is 9.46. The van der Waals surface area contributed by atoms with E-state index in [9.17, 15) is 14.4 Å². The first-order valence-corrected chi connectivity index (χ1v) is 7.49. The van der Waals surface area contributed by atoms with Gasteiger partial charge in [0.25, 0.3) is 5.91 Å². The van der Waals surface area contributed by atoms with Crippen molar-refractivity contribution < 1.29 is 23.9 Å². The lowest BCUT2D eigenvalue weighted by molar-refractivity contribution is -0.155. The van der Waals surface area contributed by atoms with Gasteiger partial charge >= 0.3 is 11.9 Å². The van der Waals surface area contributed by atoms with Gasteiger partial charge in [0.1, 0.15) is 6.42 Å². The fourth-order valence-electron chi connectivity index (χ4n) is 2.06. The van der Waals surface area contributed by atoms with Crippen molar-refractivity contribution in [2.45, 2.75) is 32.7 Å². The minimum Gasteiger partial charge on any atom is -0.469 e. The van der Waals surface area contributed by atoms with Crippen molar-refractivity contribution in [2.75, 3.05) is 13.7 Å². The van der Waals surface area contributed by atoms with Gasteiger partial charge in [0.15, 0.2) is 6.61 Å². The lowest BCUT2D eigenvalue weighted by Crippen LogP contribution is -2.33. The molecule has 1 rings (SSSR count). The predicted octanol–water partition coefficient (Wildman–Crippen LogP) is 2.00. The van der Waals surface area contributed by atoms with Crippen molar-refractivity contribution in [2.24, 2.45) is 5.92 Å². The molecule has 1 aromatic rings. The predicted molar refractivity (Wildman–Crippen MR) is 84.4 cm³/mol. The van der Waals surface area contributed by atoms with Crippen LogP contribution in [0.5, 0.6) is 0 Å². The maximum Gasteiger partial charge on any atom is 0.317 e. The van der Waals surface area contributed by atoms with E-state index in [2.05, 4.69) is 23.9 Å². The molecular formula is C17H23NO5. The maximum absolute atomic E-state index is 12.0. The molecule has 1 amide bonds. The highest BCUT2D eigenvalue weighted by atomic mass is 16.5. The smallest absolute Gasteiger partial charge is 0.317 e. The molecule has 0 saturated carbocycles. The Morgan fingerprint density at radius 2 is 1.74 bits per heavy atom. The second-order valence-electron chi connectivity index (χ2n) is 5.57. The lowest BCUT2D eigenvalue weighted by Gasteiger charge is -2.21. The molecule has 0 saturated heterocycles. The molecule has 0 heterocycles. The minimum atomic E-state index is -0.785. The van der Waals surface area contributed by atoms with E-state index in [0.717, 1.165) is 12.0 Å². The van der Waals surface area contributed by atoms with Gasteiger partial charge < -0.3 is 14.8 Å². The van der Waals surface area contributed by atoms with E-state index in [4.69, 9.17) is 4.74 Å². The van der Waals surface area contributed by atoms with Crippen LogP contribution in [0.1, 0.15) is 38.3 Å². The van der Waals surface area contributed by atoms with Gasteiger partial charge in [-0.3, -0.25) is 14.4 Å². The number of rotatable bonds is 8. The highest BCUT2D eigenvalue weighted by Crippen LogP contribution is 2.20. The Labute approximate surface area is 136 Å². The molecule has 0 aliphatic heterocycles. The van der Waals surface area contributed by atoms with Crippen molar-refractivity contribution in [1.82, 2.24) is 5.32 Å². The van der Waals surface area contributed by atoms with Crippen molar-refractivity contribution >= 4 is 17.8 Å². The summed E-state index contributed by atoms with van der Waals surface area (Å²) in [7, 11) is 1.18. The van der Waals surface area contributed by atoms with E-state index < -0.39 is 30.9 Å². The molecular weight excluding hydrogens is 298 g/mol. The van der Waals surface area contributed by atoms with E-state index >= 15 is 0 Å². The van der Waals surface area contributed by atoms with Gasteiger partial charge in [-0.2, -0.15) is 0 Å². The second kappa shape index (κ2) is 9.61. The number of hydrogen-bond donors (Lipinski definition) is 1. The summed E-state index contributed by atoms with van der Waals surface area (Å²) in [6.45, 7) is 3.72. The van der Waals surface area contributed by atoms with Crippen LogP contribution in [0, 0.1) is 5.92 Å². The second-order valence-corrected chi connectivity index (χ2v) is 5.57. The fourth-order valence-corrected chi connectivity index (χ4v) is 2.06. The lowest BCUT2D eigenvalue weighted by atomic mass is 9.97. The molecule has 0 aliphatic carbocycles. The average molecular weight is 321 g/mol. The van der Waals surface area contributed by atoms with E-state index in [1.54, 1.807) is 0 Å². The number of benzene rings is 1. The summed E-state index contributed by atoms with van der Waals surface area (Å²) < 4.78 is 9.12. The van der Waals surface area contributed by atoms with Crippen LogP contribution >= 0.6 is 0 Å². The number of ether oxygens (including phenoxy) is 2. The Morgan fingerprint density at radius 3 is 2.30 bits per heavy atom. The number of nitrogens with one attached hydrogen (secondary N) is 1. The molecule has 6 heteroatoms. The molecule has 0 aliphatic rings. The third-order valence-corrected chi connectivity index (χ3v) is 3.12. The van der Waals surface area contributed by atoms with Gasteiger partial charge in [-0.05, 0) is 17.9 Å². The summed E-state index contributed by atoms with van der Waals surface area (Å²) in [5.41, 5.74) is 0.996. The van der Waals surface area contributed by atoms with Gasteiger partial charge in [0.05, 0.1) is 13.2 Å². The van der Waals surface area contributed by atoms with Crippen molar-refractivity contribution in [3.63, 3.8) is 0 Å². The van der Waals surface area contributed by atoms with E-state index in [0.29, 0.717) is 5.92 Å². The summed E-state index contributed by atoms with van der Waals surface area (Å²) in [5, 5.41) is 2.85. The molecule has 0 spiro atoms. The molecule has 1 N–H and O–H groups in total. The van der Waals surface area contributed by atoms with Gasteiger partial charge in [-0.1, -0.05) is 44.2 Å². The maximum atomic E-state index is 12.0. The van der Waals surface area contributed by atoms with E-state index in [-0.39, 0.29) is 6.04 Å². The SMILES string of the molecule is COC(=O)CC(=O)OCC(=O)NC(CC(C)C)c1ccccc1. The summed E-state index contributed by atoms with van der Waals surface area (Å²) in [4.78, 5) is 34.2. The molecule has 1 atom stereocenters. The first-order chi connectivity index (χ1) is 10.9. The summed E-state index contributed by atoms with van der Waals surface area (Å²) in [5.74, 6) is -1.50. The van der Waals surface area contributed by atoms with Crippen molar-refractivity contribution in [1.29, 1.82) is 0 Å². The standard InChI is InChI=1S/C17H23NO5/c1-12(2)9-14(13-7-5-4-6-8-13)18-15(19)11-23-17(21)10-16(20)22-3/h4-8,12,14H,9-11H2,1-3H3,(H,18,19). The largest absolute Gasteiger partial charge is 0.469 e. The quantitative estimate of drug-likeness (QED) is 0.585. The fraction of sp³-hybridized carbons (Fsp3) is 0.471. The van der Waals surface area contributed by atoms with Crippen LogP contribution in [0.4, 0.5) is 0 Å². The first kappa shape index (κ1) is 18.7. The molecule has 0 radical (unpaired) electrons. The van der Waals surface area contributed by atoms with Crippen LogP contribution in [-0.2, 0) is 23.9 Å². The van der Waals surface area contributed by atoms with Crippen LogP contribution in [0.3, 0.4) is 0 Å². The Bertz CT molecular complexity index is 527. The molecule has 126 valence electrons. The third kappa shape index (κ3) is 7.44. The van der Waals surface area contributed by atoms with Crippen LogP contribution in [0.2, 0.25) is 0 Å². The van der Waals surface area contributed by atoms with Crippen LogP contribution in [0.15, 0.2) is 30.3 Å². The monoisotopic (exact) mass is 321 g/mol. The topological polar surface area (TPSA) is 81.7 Å². The summed E-state index contributed by atoms with van der Waals surface area (Å²) >= 11 is 0. The highest BCUT2D eigenvalue weighted by molar-refractivity contribution is 5.92. The number of methoxy groups -OCH3 is 1. The highest BCUT2D eigenvalue weighted by Gasteiger charge is 2.18. The molecule has 23 heavy (non-hydrogen) atoms. The van der Waals surface area contributed by atoms with Gasteiger partial charge in [0, 0.05) is 0 Å². The Morgan fingerprint density at radius 1 is 1.09 bits per heavy atom. The molecule has 0 aromatic heterocycles. The Balaban J connectivity index is 2.54. The molecule has 0 bridgehead atoms. The number of carbonyl (C=O) groups excluding carboxylic acids is 3. The van der Waals surface area contributed by atoms with Gasteiger partial charge in [-0.25, -0.2) is 0 Å². The number of amides is 1. The van der Waals surface area contributed by atoms with Crippen LogP contribution < -0.4 is 5.32 Å². The summed E-state index contributed by atoms with van der Waals surface area (Å²) in [6.07, 6.45) is 0.268. The zero-order valence-corrected chi connectivity index (χ0v) is 13.7. The normalized spacial score (nSPS) is 11.7. The zero-order chi connectivity index (χ0) is 17.2. The number of carbonyl (C=O) groups is 3. The molecule has 1 aromatic carbocycles. The number of hydrogen-bond acceptors (Lipinski definition) is 5. The van der Waals surface area contributed by atoms with Crippen molar-refractivity contribution in [3.8, 4) is 0 Å². The average Bonchev–Trinajstić information content (AvgIpc) is 2.52. The van der Waals surface area contributed by atoms with Crippen LogP contribution in [0.25, 0.3) is 0 Å². The van der Waals surface area contributed by atoms with Crippen LogP contribution in [-0.4, -0.2) is 31.6 Å².